The number of hydrogen-bond acceptors (Lipinski definition) is 7. The van der Waals surface area contributed by atoms with E-state index in [1.54, 1.807) is 0 Å². The van der Waals surface area contributed by atoms with E-state index < -0.39 is 5.97 Å². The summed E-state index contributed by atoms with van der Waals surface area (Å²) in [5, 5.41) is 11.1. The van der Waals surface area contributed by atoms with Gasteiger partial charge in [0.05, 0.1) is 65.9 Å². The molecule has 0 atom stereocenters. The van der Waals surface area contributed by atoms with Crippen molar-refractivity contribution in [2.24, 2.45) is 0 Å². The van der Waals surface area contributed by atoms with Crippen LogP contribution in [0.15, 0.2) is 0 Å². The third kappa shape index (κ3) is 20.8. The molecule has 0 saturated carbocycles. The van der Waals surface area contributed by atoms with Crippen molar-refractivity contribution in [3.63, 3.8) is 0 Å². The summed E-state index contributed by atoms with van der Waals surface area (Å²) < 4.78 is 26.2. The van der Waals surface area contributed by atoms with Crippen LogP contribution in [0.1, 0.15) is 26.2 Å². The van der Waals surface area contributed by atoms with Crippen LogP contribution in [0, 0.1) is 0 Å². The van der Waals surface area contributed by atoms with Gasteiger partial charge in [0.15, 0.2) is 0 Å². The largest absolute Gasteiger partial charge is 0.481 e. The van der Waals surface area contributed by atoms with Crippen LogP contribution in [-0.4, -0.2) is 89.6 Å². The molecule has 0 heterocycles. The van der Waals surface area contributed by atoms with Gasteiger partial charge in [-0.05, 0) is 6.42 Å². The highest BCUT2D eigenvalue weighted by Gasteiger charge is 2.01. The molecule has 9 heteroatoms. The molecule has 0 saturated heterocycles. The van der Waals surface area contributed by atoms with E-state index in [4.69, 9.17) is 28.8 Å². The lowest BCUT2D eigenvalue weighted by Gasteiger charge is -2.08. The summed E-state index contributed by atoms with van der Waals surface area (Å²) in [5.41, 5.74) is 0. The number of carbonyl (C=O) groups is 2. The van der Waals surface area contributed by atoms with Gasteiger partial charge in [-0.15, -0.1) is 0 Å². The molecule has 1 amide bonds. The molecule has 0 aromatic rings. The Morgan fingerprint density at radius 1 is 0.692 bits per heavy atom. The van der Waals surface area contributed by atoms with Gasteiger partial charge in [-0.25, -0.2) is 0 Å². The Morgan fingerprint density at radius 3 is 1.69 bits per heavy atom. The van der Waals surface area contributed by atoms with Gasteiger partial charge in [-0.1, -0.05) is 6.92 Å². The Morgan fingerprint density at radius 2 is 1.15 bits per heavy atom. The van der Waals surface area contributed by atoms with Crippen LogP contribution in [-0.2, 0) is 33.3 Å². The van der Waals surface area contributed by atoms with Crippen molar-refractivity contribution in [2.45, 2.75) is 26.2 Å². The van der Waals surface area contributed by atoms with Gasteiger partial charge < -0.3 is 34.1 Å². The predicted molar refractivity (Wildman–Crippen MR) is 94.3 cm³/mol. The van der Waals surface area contributed by atoms with Crippen molar-refractivity contribution in [3.8, 4) is 0 Å². The monoisotopic (exact) mass is 379 g/mol. The van der Waals surface area contributed by atoms with E-state index >= 15 is 0 Å². The molecule has 9 nitrogen and oxygen atoms in total. The summed E-state index contributed by atoms with van der Waals surface area (Å²) in [7, 11) is 0. The normalized spacial score (nSPS) is 10.8. The minimum absolute atomic E-state index is 0.0238. The van der Waals surface area contributed by atoms with Crippen LogP contribution < -0.4 is 5.32 Å². The van der Waals surface area contributed by atoms with E-state index in [0.717, 1.165) is 13.0 Å². The second kappa shape index (κ2) is 20.1. The van der Waals surface area contributed by atoms with Crippen molar-refractivity contribution in [2.75, 3.05) is 72.6 Å². The van der Waals surface area contributed by atoms with E-state index in [1.165, 1.54) is 0 Å². The zero-order valence-corrected chi connectivity index (χ0v) is 15.7. The fourth-order valence-electron chi connectivity index (χ4n) is 1.68. The van der Waals surface area contributed by atoms with Gasteiger partial charge in [0, 0.05) is 19.6 Å². The number of ether oxygens (including phenoxy) is 5. The summed E-state index contributed by atoms with van der Waals surface area (Å²) in [6, 6.07) is 0. The first kappa shape index (κ1) is 24.7. The molecule has 0 aliphatic rings. The molecule has 0 aromatic heterocycles. The summed E-state index contributed by atoms with van der Waals surface area (Å²) in [5.74, 6) is -0.999. The lowest BCUT2D eigenvalue weighted by molar-refractivity contribution is -0.138. The Labute approximate surface area is 155 Å². The predicted octanol–water partition coefficient (Wildman–Crippen LogP) is 0.460. The number of aliphatic carboxylic acids is 1. The number of amides is 1. The fraction of sp³-hybridized carbons (Fsp3) is 0.882. The third-order valence-corrected chi connectivity index (χ3v) is 2.97. The zero-order chi connectivity index (χ0) is 19.3. The molecular formula is C17H33NO8. The lowest BCUT2D eigenvalue weighted by Crippen LogP contribution is -2.28. The topological polar surface area (TPSA) is 113 Å². The summed E-state index contributed by atoms with van der Waals surface area (Å²) >= 11 is 0. The average Bonchev–Trinajstić information content (AvgIpc) is 2.61. The van der Waals surface area contributed by atoms with E-state index in [9.17, 15) is 9.59 Å². The Hall–Kier alpha value is -1.26. The van der Waals surface area contributed by atoms with Gasteiger partial charge in [0.1, 0.15) is 0 Å². The molecule has 0 aliphatic carbocycles. The van der Waals surface area contributed by atoms with Gasteiger partial charge in [-0.3, -0.25) is 9.59 Å². The maximum Gasteiger partial charge on any atom is 0.305 e. The molecule has 0 bridgehead atoms. The van der Waals surface area contributed by atoms with Crippen molar-refractivity contribution in [3.05, 3.63) is 0 Å². The number of carboxylic acids is 1. The number of carboxylic acid groups (broad SMARTS) is 1. The first-order valence-electron chi connectivity index (χ1n) is 9.04. The number of hydrogen-bond donors (Lipinski definition) is 2. The number of carbonyl (C=O) groups excluding carboxylic acids is 1. The molecule has 2 N–H and O–H groups in total. The second-order valence-corrected chi connectivity index (χ2v) is 5.31. The molecule has 154 valence electrons. The maximum atomic E-state index is 11.5. The Kier molecular flexibility index (Phi) is 19.1. The van der Waals surface area contributed by atoms with Crippen LogP contribution in [0.5, 0.6) is 0 Å². The van der Waals surface area contributed by atoms with Crippen LogP contribution in [0.4, 0.5) is 0 Å². The van der Waals surface area contributed by atoms with Crippen LogP contribution >= 0.6 is 0 Å². The molecule has 0 rings (SSSR count). The van der Waals surface area contributed by atoms with Crippen molar-refractivity contribution < 1.29 is 38.4 Å². The summed E-state index contributed by atoms with van der Waals surface area (Å²) in [6.45, 7) is 6.94. The minimum Gasteiger partial charge on any atom is -0.481 e. The van der Waals surface area contributed by atoms with Crippen molar-refractivity contribution in [1.29, 1.82) is 0 Å². The van der Waals surface area contributed by atoms with E-state index in [1.807, 2.05) is 0 Å². The molecular weight excluding hydrogens is 346 g/mol. The van der Waals surface area contributed by atoms with Gasteiger partial charge in [-0.2, -0.15) is 0 Å². The van der Waals surface area contributed by atoms with Gasteiger partial charge in [0.25, 0.3) is 0 Å². The summed E-state index contributed by atoms with van der Waals surface area (Å²) in [6.07, 6.45) is 1.24. The summed E-state index contributed by atoms with van der Waals surface area (Å²) in [4.78, 5) is 21.8. The Balaban J connectivity index is 3.16. The second-order valence-electron chi connectivity index (χ2n) is 5.31. The molecule has 0 spiro atoms. The van der Waals surface area contributed by atoms with E-state index in [0.29, 0.717) is 59.4 Å². The first-order chi connectivity index (χ1) is 12.7. The van der Waals surface area contributed by atoms with Crippen LogP contribution in [0.2, 0.25) is 0 Å². The Bertz CT molecular complexity index is 341. The highest BCUT2D eigenvalue weighted by molar-refractivity contribution is 5.75. The van der Waals surface area contributed by atoms with Gasteiger partial charge >= 0.3 is 5.97 Å². The minimum atomic E-state index is -0.892. The first-order valence-corrected chi connectivity index (χ1v) is 9.04. The van der Waals surface area contributed by atoms with Crippen LogP contribution in [0.3, 0.4) is 0 Å². The zero-order valence-electron chi connectivity index (χ0n) is 15.7. The molecule has 0 aliphatic heterocycles. The number of rotatable bonds is 20. The lowest BCUT2D eigenvalue weighted by atomic mass is 10.4. The molecule has 0 radical (unpaired) electrons. The standard InChI is InChI=1S/C17H33NO8/c1-2-6-22-10-14-26-15-13-25-9-5-18-16(19)3-7-23-11-12-24-8-4-17(20)21/h2-15H2,1H3,(H,18,19)(H,20,21). The molecule has 0 fully saturated rings. The average molecular weight is 379 g/mol. The SMILES string of the molecule is CCCOCCOCCOCCNC(=O)CCOCCOCCC(=O)O. The highest BCUT2D eigenvalue weighted by atomic mass is 16.5. The van der Waals surface area contributed by atoms with Crippen molar-refractivity contribution >= 4 is 11.9 Å². The van der Waals surface area contributed by atoms with E-state index in [-0.39, 0.29) is 25.4 Å². The van der Waals surface area contributed by atoms with Crippen molar-refractivity contribution in [1.82, 2.24) is 5.32 Å². The quantitative estimate of drug-likeness (QED) is 0.293. The molecule has 26 heavy (non-hydrogen) atoms. The maximum absolute atomic E-state index is 11.5. The van der Waals surface area contributed by atoms with Crippen LogP contribution in [0.25, 0.3) is 0 Å². The van der Waals surface area contributed by atoms with E-state index in [2.05, 4.69) is 12.2 Å². The number of nitrogens with one attached hydrogen (secondary N) is 1. The fourth-order valence-corrected chi connectivity index (χ4v) is 1.68. The highest BCUT2D eigenvalue weighted by Crippen LogP contribution is 1.87. The smallest absolute Gasteiger partial charge is 0.305 e. The molecule has 0 aromatic carbocycles. The van der Waals surface area contributed by atoms with Gasteiger partial charge in [0.2, 0.25) is 5.91 Å². The third-order valence-electron chi connectivity index (χ3n) is 2.97. The molecule has 0 unspecified atom stereocenters.